The van der Waals surface area contributed by atoms with Gasteiger partial charge in [-0.25, -0.2) is 0 Å². The summed E-state index contributed by atoms with van der Waals surface area (Å²) in [6.45, 7) is 0. The first-order chi connectivity index (χ1) is 9.43. The van der Waals surface area contributed by atoms with E-state index >= 15 is 0 Å². The van der Waals surface area contributed by atoms with Gasteiger partial charge >= 0.3 is 0 Å². The first-order valence-corrected chi connectivity index (χ1v) is 7.25. The minimum atomic E-state index is 1.26. The predicted octanol–water partition coefficient (Wildman–Crippen LogP) is 5.66. The molecule has 0 bridgehead atoms. The van der Waals surface area contributed by atoms with Crippen molar-refractivity contribution in [2.75, 3.05) is 0 Å². The molecule has 0 atom stereocenters. The van der Waals surface area contributed by atoms with Gasteiger partial charge in [-0.05, 0) is 48.4 Å². The molecule has 0 unspecified atom stereocenters. The first-order valence-electron chi connectivity index (χ1n) is 7.25. The van der Waals surface area contributed by atoms with E-state index in [9.17, 15) is 0 Å². The largest absolute Gasteiger partial charge is 0.0802 e. The fourth-order valence-corrected chi connectivity index (χ4v) is 2.90. The highest BCUT2D eigenvalue weighted by atomic mass is 14.2. The molecule has 0 N–H and O–H groups in total. The summed E-state index contributed by atoms with van der Waals surface area (Å²) in [6, 6.07) is 16.7. The number of rotatable bonds is 0. The maximum Gasteiger partial charge on any atom is -0.0130 e. The molecule has 2 aromatic carbocycles. The molecule has 0 aromatic heterocycles. The molecule has 0 radical (unpaired) electrons. The average Bonchev–Trinajstić information content (AvgIpc) is 2.96. The molecule has 0 saturated carbocycles. The van der Waals surface area contributed by atoms with Crippen LogP contribution in [0.3, 0.4) is 0 Å². The first kappa shape index (κ1) is 12.2. The third-order valence-electron chi connectivity index (χ3n) is 3.97. The van der Waals surface area contributed by atoms with Gasteiger partial charge in [0.2, 0.25) is 0 Å². The molecule has 0 fully saturated rings. The molecule has 2 aromatic rings. The lowest BCUT2D eigenvalue weighted by Crippen LogP contribution is -1.92. The highest BCUT2D eigenvalue weighted by Gasteiger charge is 2.12. The standard InChI is InChI=1S/C10H8.C9H12/c1-2-6-10-8-4-3-7-9(10)5-1;1-2-5-9-7-3-6-8(9)4-1/h1-8H;3,6H,1-2,4-5,7H2. The number of benzene rings is 2. The monoisotopic (exact) mass is 248 g/mol. The molecule has 19 heavy (non-hydrogen) atoms. The summed E-state index contributed by atoms with van der Waals surface area (Å²) in [7, 11) is 0. The number of hydrogen-bond acceptors (Lipinski definition) is 0. The van der Waals surface area contributed by atoms with Gasteiger partial charge in [-0.15, -0.1) is 0 Å². The van der Waals surface area contributed by atoms with Crippen molar-refractivity contribution in [1.82, 2.24) is 0 Å². The van der Waals surface area contributed by atoms with E-state index in [1.54, 1.807) is 11.1 Å². The Morgan fingerprint density at radius 3 is 1.84 bits per heavy atom. The van der Waals surface area contributed by atoms with Gasteiger partial charge in [-0.1, -0.05) is 66.3 Å². The zero-order valence-electron chi connectivity index (χ0n) is 11.3. The van der Waals surface area contributed by atoms with E-state index in [-0.39, 0.29) is 0 Å². The van der Waals surface area contributed by atoms with Crippen LogP contribution in [-0.4, -0.2) is 0 Å². The molecule has 0 heteroatoms. The Balaban J connectivity index is 0.000000117. The van der Waals surface area contributed by atoms with Crippen molar-refractivity contribution >= 4 is 10.8 Å². The van der Waals surface area contributed by atoms with Gasteiger partial charge in [0.15, 0.2) is 0 Å². The molecule has 0 aliphatic heterocycles. The number of hydrogen-bond donors (Lipinski definition) is 0. The minimum absolute atomic E-state index is 1.26. The highest BCUT2D eigenvalue weighted by Crippen LogP contribution is 2.31. The van der Waals surface area contributed by atoms with E-state index < -0.39 is 0 Å². The maximum atomic E-state index is 2.31. The second-order valence-electron chi connectivity index (χ2n) is 5.29. The topological polar surface area (TPSA) is 0 Å². The summed E-state index contributed by atoms with van der Waals surface area (Å²) in [5.41, 5.74) is 3.38. The number of fused-ring (bicyclic) bond motifs is 1. The maximum absolute atomic E-state index is 2.31. The second kappa shape index (κ2) is 5.88. The molecule has 4 rings (SSSR count). The molecule has 2 aliphatic rings. The van der Waals surface area contributed by atoms with Crippen molar-refractivity contribution < 1.29 is 0 Å². The molecule has 0 heterocycles. The normalized spacial score (nSPS) is 17.1. The Bertz CT molecular complexity index is 551. The van der Waals surface area contributed by atoms with Gasteiger partial charge in [-0.2, -0.15) is 0 Å². The lowest BCUT2D eigenvalue weighted by atomic mass is 9.94. The van der Waals surface area contributed by atoms with E-state index in [4.69, 9.17) is 0 Å². The second-order valence-corrected chi connectivity index (χ2v) is 5.29. The van der Waals surface area contributed by atoms with Crippen molar-refractivity contribution in [3.05, 3.63) is 71.8 Å². The Morgan fingerprint density at radius 2 is 1.26 bits per heavy atom. The van der Waals surface area contributed by atoms with Crippen LogP contribution in [-0.2, 0) is 0 Å². The van der Waals surface area contributed by atoms with Crippen molar-refractivity contribution in [1.29, 1.82) is 0 Å². The van der Waals surface area contributed by atoms with E-state index in [2.05, 4.69) is 60.7 Å². The van der Waals surface area contributed by atoms with Crippen molar-refractivity contribution in [3.63, 3.8) is 0 Å². The van der Waals surface area contributed by atoms with E-state index in [0.717, 1.165) is 0 Å². The molecule has 2 aliphatic carbocycles. The Morgan fingerprint density at radius 1 is 0.684 bits per heavy atom. The third-order valence-corrected chi connectivity index (χ3v) is 3.97. The zero-order chi connectivity index (χ0) is 12.9. The quantitative estimate of drug-likeness (QED) is 0.564. The van der Waals surface area contributed by atoms with Gasteiger partial charge in [0.25, 0.3) is 0 Å². The summed E-state index contributed by atoms with van der Waals surface area (Å²) in [6.07, 6.45) is 11.5. The molecular weight excluding hydrogens is 228 g/mol. The molecule has 0 nitrogen and oxygen atoms in total. The highest BCUT2D eigenvalue weighted by molar-refractivity contribution is 5.81. The minimum Gasteiger partial charge on any atom is -0.0802 e. The Kier molecular flexibility index (Phi) is 3.78. The van der Waals surface area contributed by atoms with Crippen LogP contribution < -0.4 is 0 Å². The van der Waals surface area contributed by atoms with Crippen LogP contribution in [0.15, 0.2) is 71.8 Å². The molecule has 96 valence electrons. The summed E-state index contributed by atoms with van der Waals surface area (Å²) in [5, 5.41) is 2.62. The van der Waals surface area contributed by atoms with Crippen LogP contribution in [0, 0.1) is 0 Å². The van der Waals surface area contributed by atoms with E-state index in [1.165, 1.54) is 42.9 Å². The van der Waals surface area contributed by atoms with Gasteiger partial charge in [0.05, 0.1) is 0 Å². The molecule has 0 spiro atoms. The van der Waals surface area contributed by atoms with Crippen molar-refractivity contribution in [2.45, 2.75) is 32.1 Å². The van der Waals surface area contributed by atoms with Crippen LogP contribution in [0.2, 0.25) is 0 Å². The Labute approximate surface area is 115 Å². The van der Waals surface area contributed by atoms with Crippen LogP contribution in [0.25, 0.3) is 10.8 Å². The summed E-state index contributed by atoms with van der Waals surface area (Å²) < 4.78 is 0. The Hall–Kier alpha value is -1.82. The van der Waals surface area contributed by atoms with Crippen LogP contribution in [0.5, 0.6) is 0 Å². The fraction of sp³-hybridized carbons (Fsp3) is 0.263. The van der Waals surface area contributed by atoms with Gasteiger partial charge in [0, 0.05) is 0 Å². The van der Waals surface area contributed by atoms with E-state index in [0.29, 0.717) is 0 Å². The lowest BCUT2D eigenvalue weighted by Gasteiger charge is -2.12. The summed E-state index contributed by atoms with van der Waals surface area (Å²) in [5.74, 6) is 0. The fourth-order valence-electron chi connectivity index (χ4n) is 2.90. The SMILES string of the molecule is C1=CC2=C(C1)CCCC2.c1ccc2ccccc2c1. The predicted molar refractivity (Wildman–Crippen MR) is 83.2 cm³/mol. The summed E-state index contributed by atoms with van der Waals surface area (Å²) >= 11 is 0. The van der Waals surface area contributed by atoms with Crippen LogP contribution in [0.4, 0.5) is 0 Å². The van der Waals surface area contributed by atoms with Gasteiger partial charge in [0.1, 0.15) is 0 Å². The van der Waals surface area contributed by atoms with Crippen molar-refractivity contribution in [2.24, 2.45) is 0 Å². The van der Waals surface area contributed by atoms with Crippen molar-refractivity contribution in [3.8, 4) is 0 Å². The average molecular weight is 248 g/mol. The van der Waals surface area contributed by atoms with Crippen LogP contribution in [0.1, 0.15) is 32.1 Å². The summed E-state index contributed by atoms with van der Waals surface area (Å²) in [4.78, 5) is 0. The third kappa shape index (κ3) is 2.96. The molecular formula is C19H20. The number of allylic oxidation sites excluding steroid dienone is 4. The molecule has 0 saturated heterocycles. The van der Waals surface area contributed by atoms with E-state index in [1.807, 2.05) is 0 Å². The lowest BCUT2D eigenvalue weighted by molar-refractivity contribution is 0.681. The zero-order valence-corrected chi connectivity index (χ0v) is 11.3. The smallest absolute Gasteiger partial charge is 0.0130 e. The van der Waals surface area contributed by atoms with Gasteiger partial charge in [-0.3, -0.25) is 0 Å². The molecule has 0 amide bonds. The van der Waals surface area contributed by atoms with Gasteiger partial charge < -0.3 is 0 Å². The van der Waals surface area contributed by atoms with Crippen LogP contribution >= 0.6 is 0 Å².